The van der Waals surface area contributed by atoms with Crippen molar-refractivity contribution >= 4 is 17.0 Å². The second-order valence-electron chi connectivity index (χ2n) is 6.61. The van der Waals surface area contributed by atoms with Crippen LogP contribution in [0.15, 0.2) is 12.1 Å². The molecule has 0 saturated carbocycles. The van der Waals surface area contributed by atoms with Crippen molar-refractivity contribution in [2.45, 2.75) is 65.8 Å². The molecule has 0 spiro atoms. The summed E-state index contributed by atoms with van der Waals surface area (Å²) < 4.78 is 1.93. The summed E-state index contributed by atoms with van der Waals surface area (Å²) in [6.45, 7) is 11.9. The van der Waals surface area contributed by atoms with E-state index < -0.39 is 11.5 Å². The Labute approximate surface area is 132 Å². The minimum atomic E-state index is -1.02. The predicted molar refractivity (Wildman–Crippen MR) is 89.5 cm³/mol. The highest BCUT2D eigenvalue weighted by Gasteiger charge is 2.35. The summed E-state index contributed by atoms with van der Waals surface area (Å²) in [5, 5.41) is 9.70. The number of hydrogen-bond acceptors (Lipinski definition) is 2. The maximum Gasteiger partial charge on any atom is 0.329 e. The molecular weight excluding hydrogens is 276 g/mol. The van der Waals surface area contributed by atoms with Crippen molar-refractivity contribution in [3.63, 3.8) is 0 Å². The summed E-state index contributed by atoms with van der Waals surface area (Å²) in [6, 6.07) is 4.12. The number of aliphatic carboxylic acids is 1. The van der Waals surface area contributed by atoms with Crippen LogP contribution in [0.25, 0.3) is 11.0 Å². The second kappa shape index (κ2) is 5.75. The molecule has 0 aliphatic carbocycles. The van der Waals surface area contributed by atoms with E-state index in [-0.39, 0.29) is 5.92 Å². The fourth-order valence-electron chi connectivity index (χ4n) is 2.96. The molecule has 0 amide bonds. The van der Waals surface area contributed by atoms with Gasteiger partial charge in [-0.15, -0.1) is 0 Å². The van der Waals surface area contributed by atoms with Crippen molar-refractivity contribution in [3.8, 4) is 0 Å². The number of fused-ring (bicyclic) bond motifs is 1. The topological polar surface area (TPSA) is 55.1 Å². The molecule has 0 aliphatic heterocycles. The molecule has 0 atom stereocenters. The van der Waals surface area contributed by atoms with Crippen molar-refractivity contribution in [1.29, 1.82) is 0 Å². The highest BCUT2D eigenvalue weighted by molar-refractivity contribution is 5.83. The molecule has 4 nitrogen and oxygen atoms in total. The van der Waals surface area contributed by atoms with Gasteiger partial charge < -0.3 is 9.67 Å². The Morgan fingerprint density at radius 1 is 1.23 bits per heavy atom. The van der Waals surface area contributed by atoms with Crippen molar-refractivity contribution in [2.24, 2.45) is 0 Å². The third kappa shape index (κ3) is 2.51. The lowest BCUT2D eigenvalue weighted by Gasteiger charge is -2.27. The van der Waals surface area contributed by atoms with Crippen LogP contribution in [0.1, 0.15) is 63.4 Å². The monoisotopic (exact) mass is 302 g/mol. The number of benzene rings is 1. The van der Waals surface area contributed by atoms with Gasteiger partial charge in [0.2, 0.25) is 0 Å². The van der Waals surface area contributed by atoms with E-state index in [1.807, 2.05) is 4.57 Å². The van der Waals surface area contributed by atoms with Crippen molar-refractivity contribution in [2.75, 3.05) is 0 Å². The number of carboxylic acid groups (broad SMARTS) is 1. The molecule has 1 N–H and O–H groups in total. The third-order valence-corrected chi connectivity index (χ3v) is 4.73. The number of carboxylic acids is 1. The van der Waals surface area contributed by atoms with Gasteiger partial charge in [0.05, 0.1) is 11.0 Å². The van der Waals surface area contributed by atoms with Gasteiger partial charge in [-0.25, -0.2) is 9.78 Å². The van der Waals surface area contributed by atoms with Gasteiger partial charge in [0.15, 0.2) is 0 Å². The van der Waals surface area contributed by atoms with Gasteiger partial charge >= 0.3 is 5.97 Å². The van der Waals surface area contributed by atoms with Gasteiger partial charge in [0.1, 0.15) is 11.4 Å². The van der Waals surface area contributed by atoms with E-state index in [9.17, 15) is 9.90 Å². The maximum absolute atomic E-state index is 11.8. The Kier molecular flexibility index (Phi) is 4.32. The highest BCUT2D eigenvalue weighted by atomic mass is 16.4. The Morgan fingerprint density at radius 2 is 1.77 bits per heavy atom. The van der Waals surface area contributed by atoms with Gasteiger partial charge in [0.25, 0.3) is 0 Å². The number of carbonyl (C=O) groups is 1. The average molecular weight is 302 g/mol. The second-order valence-corrected chi connectivity index (χ2v) is 6.61. The summed E-state index contributed by atoms with van der Waals surface area (Å²) in [5.74, 6) is 0.321. The van der Waals surface area contributed by atoms with Crippen LogP contribution in [0, 0.1) is 13.8 Å². The standard InChI is InChI=1S/C18H26N2O2/c1-7-13(8-2)16-19-14-9-11(3)12(4)10-15(14)20(16)18(5,6)17(21)22/h9-10,13H,7-8H2,1-6H3,(H,21,22). The molecule has 0 aliphatic rings. The lowest BCUT2D eigenvalue weighted by atomic mass is 9.99. The molecule has 1 aromatic heterocycles. The number of aryl methyl sites for hydroxylation is 2. The van der Waals surface area contributed by atoms with Gasteiger partial charge in [-0.1, -0.05) is 13.8 Å². The molecule has 0 fully saturated rings. The zero-order valence-electron chi connectivity index (χ0n) is 14.4. The molecule has 0 radical (unpaired) electrons. The highest BCUT2D eigenvalue weighted by Crippen LogP contribution is 2.33. The minimum absolute atomic E-state index is 0.270. The minimum Gasteiger partial charge on any atom is -0.480 e. The zero-order valence-corrected chi connectivity index (χ0v) is 14.4. The van der Waals surface area contributed by atoms with E-state index >= 15 is 0 Å². The van der Waals surface area contributed by atoms with Crippen LogP contribution in [-0.2, 0) is 10.3 Å². The quantitative estimate of drug-likeness (QED) is 0.892. The van der Waals surface area contributed by atoms with E-state index in [1.54, 1.807) is 13.8 Å². The van der Waals surface area contributed by atoms with Crippen LogP contribution >= 0.6 is 0 Å². The summed E-state index contributed by atoms with van der Waals surface area (Å²) in [5.41, 5.74) is 3.12. The largest absolute Gasteiger partial charge is 0.480 e. The van der Waals surface area contributed by atoms with Crippen LogP contribution in [0.3, 0.4) is 0 Å². The first kappa shape index (κ1) is 16.5. The molecule has 0 unspecified atom stereocenters. The molecule has 22 heavy (non-hydrogen) atoms. The van der Waals surface area contributed by atoms with Crippen molar-refractivity contribution in [3.05, 3.63) is 29.1 Å². The van der Waals surface area contributed by atoms with Crippen LogP contribution in [0.4, 0.5) is 0 Å². The molecule has 2 aromatic rings. The Morgan fingerprint density at radius 3 is 2.27 bits per heavy atom. The number of nitrogens with zero attached hydrogens (tertiary/aromatic N) is 2. The zero-order chi connectivity index (χ0) is 16.7. The smallest absolute Gasteiger partial charge is 0.329 e. The van der Waals surface area contributed by atoms with Crippen LogP contribution in [0.2, 0.25) is 0 Å². The number of aromatic nitrogens is 2. The summed E-state index contributed by atoms with van der Waals surface area (Å²) >= 11 is 0. The molecule has 120 valence electrons. The van der Waals surface area contributed by atoms with Crippen molar-refractivity contribution in [1.82, 2.24) is 9.55 Å². The molecule has 0 saturated heterocycles. The van der Waals surface area contributed by atoms with E-state index in [4.69, 9.17) is 4.98 Å². The lowest BCUT2D eigenvalue weighted by molar-refractivity contribution is -0.145. The third-order valence-electron chi connectivity index (χ3n) is 4.73. The normalized spacial score (nSPS) is 12.3. The molecule has 0 bridgehead atoms. The van der Waals surface area contributed by atoms with E-state index in [2.05, 4.69) is 39.8 Å². The Balaban J connectivity index is 2.86. The van der Waals surface area contributed by atoms with Crippen LogP contribution in [-0.4, -0.2) is 20.6 Å². The number of rotatable bonds is 5. The maximum atomic E-state index is 11.8. The van der Waals surface area contributed by atoms with Gasteiger partial charge in [0, 0.05) is 5.92 Å². The summed E-state index contributed by atoms with van der Waals surface area (Å²) in [4.78, 5) is 16.6. The SMILES string of the molecule is CCC(CC)c1nc2cc(C)c(C)cc2n1C(C)(C)C(=O)O. The van der Waals surface area contributed by atoms with Gasteiger partial charge in [-0.2, -0.15) is 0 Å². The molecule has 2 rings (SSSR count). The first-order valence-corrected chi connectivity index (χ1v) is 7.97. The van der Waals surface area contributed by atoms with Crippen molar-refractivity contribution < 1.29 is 9.90 Å². The molecule has 1 aromatic carbocycles. The first-order chi connectivity index (χ1) is 10.2. The van der Waals surface area contributed by atoms with E-state index in [0.29, 0.717) is 0 Å². The first-order valence-electron chi connectivity index (χ1n) is 7.97. The summed E-state index contributed by atoms with van der Waals surface area (Å²) in [6.07, 6.45) is 1.90. The predicted octanol–water partition coefficient (Wildman–Crippen LogP) is 4.38. The van der Waals surface area contributed by atoms with Crippen LogP contribution < -0.4 is 0 Å². The molecular formula is C18H26N2O2. The Bertz CT molecular complexity index is 709. The lowest BCUT2D eigenvalue weighted by Crippen LogP contribution is -2.37. The molecule has 1 heterocycles. The number of imidazole rings is 1. The molecule has 4 heteroatoms. The van der Waals surface area contributed by atoms with Gasteiger partial charge in [-0.3, -0.25) is 0 Å². The van der Waals surface area contributed by atoms with Crippen LogP contribution in [0.5, 0.6) is 0 Å². The van der Waals surface area contributed by atoms with E-state index in [0.717, 1.165) is 35.3 Å². The number of hydrogen-bond donors (Lipinski definition) is 1. The van der Waals surface area contributed by atoms with E-state index in [1.165, 1.54) is 5.56 Å². The fraction of sp³-hybridized carbons (Fsp3) is 0.556. The Hall–Kier alpha value is -1.84. The summed E-state index contributed by atoms with van der Waals surface area (Å²) in [7, 11) is 0. The fourth-order valence-corrected chi connectivity index (χ4v) is 2.96. The van der Waals surface area contributed by atoms with Gasteiger partial charge in [-0.05, 0) is 63.8 Å². The average Bonchev–Trinajstić information content (AvgIpc) is 2.79.